The summed E-state index contributed by atoms with van der Waals surface area (Å²) >= 11 is 5.15. The number of nitrogens with two attached hydrogens (primary N) is 1. The van der Waals surface area contributed by atoms with Crippen LogP contribution < -0.4 is 10.6 Å². The maximum absolute atomic E-state index is 14.1. The van der Waals surface area contributed by atoms with Crippen LogP contribution in [0.4, 0.5) is 5.69 Å². The molecule has 11 nitrogen and oxygen atoms in total. The molecule has 1 aromatic carbocycles. The van der Waals surface area contributed by atoms with Gasteiger partial charge in [-0.25, -0.2) is 0 Å². The van der Waals surface area contributed by atoms with Gasteiger partial charge in [0.1, 0.15) is 17.1 Å². The number of nitrogens with zero attached hydrogens (tertiary/aromatic N) is 2. The van der Waals surface area contributed by atoms with Crippen molar-refractivity contribution in [2.75, 3.05) is 32.6 Å². The van der Waals surface area contributed by atoms with Gasteiger partial charge in [0.2, 0.25) is 5.78 Å². The van der Waals surface area contributed by atoms with Crippen molar-refractivity contribution < 1.29 is 34.1 Å². The topological polar surface area (TPSA) is 173 Å². The van der Waals surface area contributed by atoms with Gasteiger partial charge >= 0.3 is 0 Å². The second-order valence-electron chi connectivity index (χ2n) is 10.4. The second kappa shape index (κ2) is 6.84. The molecule has 2 heterocycles. The van der Waals surface area contributed by atoms with Gasteiger partial charge < -0.3 is 35.4 Å². The fourth-order valence-corrected chi connectivity index (χ4v) is 7.21. The minimum Gasteiger partial charge on any atom is -0.508 e. The molecule has 6 rings (SSSR count). The molecule has 6 N–H and O–H groups in total. The molecule has 12 heteroatoms. The number of primary amides is 1. The number of oxazole rings is 1. The maximum Gasteiger partial charge on any atom is 0.266 e. The lowest BCUT2D eigenvalue weighted by molar-refractivity contribution is -0.210. The second-order valence-corrected chi connectivity index (χ2v) is 10.7. The number of aliphatic hydroxyl groups is 3. The number of hydrogen-bond acceptors (Lipinski definition) is 10. The van der Waals surface area contributed by atoms with Crippen molar-refractivity contribution >= 4 is 52.2 Å². The van der Waals surface area contributed by atoms with Gasteiger partial charge in [0.05, 0.1) is 22.5 Å². The van der Waals surface area contributed by atoms with E-state index in [0.29, 0.717) is 11.9 Å². The molecule has 1 aromatic heterocycles. The number of hydrogen-bond donors (Lipinski definition) is 5. The molecule has 2 fully saturated rings. The number of fused-ring (bicyclic) bond motifs is 4. The number of benzene rings is 1. The van der Waals surface area contributed by atoms with Gasteiger partial charge in [-0.15, -0.1) is 0 Å². The normalized spacial score (nSPS) is 31.6. The van der Waals surface area contributed by atoms with Crippen LogP contribution >= 0.6 is 12.2 Å². The Bertz CT molecular complexity index is 1570. The number of amides is 1. The Kier molecular flexibility index (Phi) is 4.36. The summed E-state index contributed by atoms with van der Waals surface area (Å²) in [6, 6.07) is 0.830. The minimum absolute atomic E-state index is 0.0897. The molecule has 1 spiro atoms. The van der Waals surface area contributed by atoms with Crippen LogP contribution in [-0.4, -0.2) is 82.0 Å². The molecule has 36 heavy (non-hydrogen) atoms. The van der Waals surface area contributed by atoms with E-state index in [1.54, 1.807) is 11.9 Å². The number of Topliss-reactive ketones (excluding diaryl/α,β-unsaturated/α-hetero) is 2. The van der Waals surface area contributed by atoms with E-state index in [-0.39, 0.29) is 34.5 Å². The zero-order valence-electron chi connectivity index (χ0n) is 19.7. The highest BCUT2D eigenvalue weighted by molar-refractivity contribution is 7.71. The lowest BCUT2D eigenvalue weighted by Crippen LogP contribution is -2.81. The van der Waals surface area contributed by atoms with Gasteiger partial charge in [-0.2, -0.15) is 0 Å². The first kappa shape index (κ1) is 23.0. The minimum atomic E-state index is -2.60. The third-order valence-electron chi connectivity index (χ3n) is 8.35. The van der Waals surface area contributed by atoms with E-state index in [9.17, 15) is 29.7 Å². The fraction of sp³-hybridized carbons (Fsp3) is 0.417. The molecule has 2 unspecified atom stereocenters. The standard InChI is InChI=1S/C24H24N4O7S/c1-27(2)11-5-10-17(35-22(36)26-10)13-9(11)4-8-6-23-7-28(3)18(23)16(30)14(21(25)33)20(32)24(23,34)19(31)12(8)15(13)29/h5,8,18,29,32,34H,4,6-7H2,1-3H3,(H2,25,33)(H,26,36)/t8-,18+,23?,24?/m0/s1. The summed E-state index contributed by atoms with van der Waals surface area (Å²) in [5.74, 6) is -4.92. The predicted octanol–water partition coefficient (Wildman–Crippen LogP) is 0.882. The highest BCUT2D eigenvalue weighted by Gasteiger charge is 2.76. The van der Waals surface area contributed by atoms with Crippen molar-refractivity contribution in [2.24, 2.45) is 17.1 Å². The summed E-state index contributed by atoms with van der Waals surface area (Å²) in [6.45, 7) is 0.130. The maximum atomic E-state index is 14.1. The Balaban J connectivity index is 1.65. The Morgan fingerprint density at radius 2 is 2.03 bits per heavy atom. The number of aliphatic hydroxyl groups excluding tert-OH is 2. The van der Waals surface area contributed by atoms with Crippen LogP contribution in [0.5, 0.6) is 0 Å². The van der Waals surface area contributed by atoms with E-state index in [2.05, 4.69) is 4.98 Å². The molecule has 0 bridgehead atoms. The highest BCUT2D eigenvalue weighted by atomic mass is 32.1. The number of aromatic amines is 1. The quantitative estimate of drug-likeness (QED) is 0.287. The van der Waals surface area contributed by atoms with Crippen molar-refractivity contribution in [1.29, 1.82) is 0 Å². The van der Waals surface area contributed by atoms with Crippen LogP contribution in [0.15, 0.2) is 27.4 Å². The monoisotopic (exact) mass is 512 g/mol. The number of carbonyl (C=O) groups excluding carboxylic acids is 3. The first-order valence-electron chi connectivity index (χ1n) is 11.4. The molecule has 1 amide bonds. The molecule has 1 saturated heterocycles. The SMILES string of the molecule is CN(C)c1cc2[nH]c(=S)oc2c2c1C[C@H]1CC34CN(C)[C@@H]3C(=O)C(C(N)=O)=C(O)C4(O)C(=O)C1=C2O. The molecule has 0 radical (unpaired) electrons. The number of ketones is 2. The number of anilines is 1. The van der Waals surface area contributed by atoms with Crippen molar-refractivity contribution in [3.63, 3.8) is 0 Å². The smallest absolute Gasteiger partial charge is 0.266 e. The Hall–Kier alpha value is -3.48. The predicted molar refractivity (Wildman–Crippen MR) is 130 cm³/mol. The third-order valence-corrected chi connectivity index (χ3v) is 8.53. The van der Waals surface area contributed by atoms with Gasteiger partial charge in [0.15, 0.2) is 17.0 Å². The Labute approximate surface area is 209 Å². The zero-order chi connectivity index (χ0) is 26.1. The molecule has 1 saturated carbocycles. The molecular weight excluding hydrogens is 488 g/mol. The lowest BCUT2D eigenvalue weighted by atomic mass is 9.46. The van der Waals surface area contributed by atoms with Crippen LogP contribution in [0.25, 0.3) is 16.9 Å². The summed E-state index contributed by atoms with van der Waals surface area (Å²) in [5.41, 5.74) is 3.09. The summed E-state index contributed by atoms with van der Waals surface area (Å²) < 4.78 is 5.67. The Morgan fingerprint density at radius 3 is 2.64 bits per heavy atom. The molecule has 3 aliphatic carbocycles. The van der Waals surface area contributed by atoms with Gasteiger partial charge in [-0.05, 0) is 49.7 Å². The van der Waals surface area contributed by atoms with Crippen molar-refractivity contribution in [1.82, 2.24) is 9.88 Å². The number of likely N-dealkylation sites (tertiary alicyclic amines) is 1. The molecule has 2 aromatic rings. The fourth-order valence-electron chi connectivity index (χ4n) is 7.01. The van der Waals surface area contributed by atoms with Gasteiger partial charge in [-0.1, -0.05) is 0 Å². The number of rotatable bonds is 2. The van der Waals surface area contributed by atoms with E-state index in [4.69, 9.17) is 22.4 Å². The number of likely N-dealkylation sites (N-methyl/N-ethyl adjacent to an activating group) is 1. The van der Waals surface area contributed by atoms with E-state index >= 15 is 0 Å². The molecular formula is C24H24N4O7S. The lowest BCUT2D eigenvalue weighted by Gasteiger charge is -2.66. The molecule has 4 atom stereocenters. The summed E-state index contributed by atoms with van der Waals surface area (Å²) in [5, 5.41) is 34.4. The molecule has 1 aliphatic heterocycles. The Morgan fingerprint density at radius 1 is 1.33 bits per heavy atom. The third kappa shape index (κ3) is 2.39. The van der Waals surface area contributed by atoms with Gasteiger partial charge in [-0.3, -0.25) is 19.3 Å². The van der Waals surface area contributed by atoms with Crippen molar-refractivity contribution in [3.05, 3.63) is 38.9 Å². The number of aromatic nitrogens is 1. The van der Waals surface area contributed by atoms with Crippen molar-refractivity contribution in [2.45, 2.75) is 24.5 Å². The summed E-state index contributed by atoms with van der Waals surface area (Å²) in [6.07, 6.45) is 0.430. The first-order valence-corrected chi connectivity index (χ1v) is 11.8. The highest BCUT2D eigenvalue weighted by Crippen LogP contribution is 2.63. The number of nitrogens with one attached hydrogen (secondary N) is 1. The average Bonchev–Trinajstić information content (AvgIpc) is 3.14. The zero-order valence-corrected chi connectivity index (χ0v) is 20.5. The van der Waals surface area contributed by atoms with E-state index in [1.807, 2.05) is 25.1 Å². The van der Waals surface area contributed by atoms with Crippen molar-refractivity contribution in [3.8, 4) is 0 Å². The molecule has 188 valence electrons. The van der Waals surface area contributed by atoms with E-state index < -0.39 is 57.5 Å². The van der Waals surface area contributed by atoms with E-state index in [1.165, 1.54) is 0 Å². The van der Waals surface area contributed by atoms with Crippen LogP contribution in [0.3, 0.4) is 0 Å². The van der Waals surface area contributed by atoms with E-state index in [0.717, 1.165) is 11.3 Å². The average molecular weight is 513 g/mol. The number of H-pyrrole nitrogens is 1. The summed E-state index contributed by atoms with van der Waals surface area (Å²) in [7, 11) is 5.33. The van der Waals surface area contributed by atoms with Gasteiger partial charge in [0.25, 0.3) is 10.7 Å². The van der Waals surface area contributed by atoms with Crippen LogP contribution in [0.2, 0.25) is 0 Å². The summed E-state index contributed by atoms with van der Waals surface area (Å²) in [4.78, 5) is 45.9. The van der Waals surface area contributed by atoms with Crippen LogP contribution in [-0.2, 0) is 20.8 Å². The largest absolute Gasteiger partial charge is 0.508 e. The van der Waals surface area contributed by atoms with Gasteiger partial charge in [0, 0.05) is 31.9 Å². The van der Waals surface area contributed by atoms with Crippen LogP contribution in [0.1, 0.15) is 17.5 Å². The molecule has 4 aliphatic rings. The van der Waals surface area contributed by atoms with Crippen LogP contribution in [0, 0.1) is 16.2 Å². The first-order chi connectivity index (χ1) is 16.8. The number of carbonyl (C=O) groups is 3.